The molecular formula is C15H21NO2. The first kappa shape index (κ1) is 13.1. The molecule has 3 nitrogen and oxygen atoms in total. The van der Waals surface area contributed by atoms with Gasteiger partial charge in [0.05, 0.1) is 13.0 Å². The summed E-state index contributed by atoms with van der Waals surface area (Å²) in [4.78, 5) is 11.5. The standard InChI is InChI=1S/C15H21NO2/c1-10(15(17)18-3)11(2)16-14-9-8-12-6-4-5-7-13(12)14/h4-7,10-11,14,16H,8-9H2,1-3H3. The number of methoxy groups -OCH3 is 1. The molecule has 0 saturated carbocycles. The molecule has 3 unspecified atom stereocenters. The van der Waals surface area contributed by atoms with E-state index in [1.807, 2.05) is 13.8 Å². The second-order valence-corrected chi connectivity index (χ2v) is 5.06. The highest BCUT2D eigenvalue weighted by molar-refractivity contribution is 5.72. The molecule has 0 bridgehead atoms. The van der Waals surface area contributed by atoms with Crippen LogP contribution in [0.2, 0.25) is 0 Å². The number of nitrogens with one attached hydrogen (secondary N) is 1. The van der Waals surface area contributed by atoms with Crippen molar-refractivity contribution >= 4 is 5.97 Å². The van der Waals surface area contributed by atoms with E-state index in [1.54, 1.807) is 0 Å². The molecule has 1 aliphatic rings. The summed E-state index contributed by atoms with van der Waals surface area (Å²) in [6.45, 7) is 3.95. The molecule has 3 atom stereocenters. The minimum atomic E-state index is -0.152. The molecule has 18 heavy (non-hydrogen) atoms. The van der Waals surface area contributed by atoms with Crippen LogP contribution < -0.4 is 5.32 Å². The summed E-state index contributed by atoms with van der Waals surface area (Å²) in [6, 6.07) is 9.01. The second kappa shape index (κ2) is 5.53. The molecule has 1 aliphatic carbocycles. The first-order valence-electron chi connectivity index (χ1n) is 6.55. The van der Waals surface area contributed by atoms with Gasteiger partial charge in [-0.15, -0.1) is 0 Å². The maximum absolute atomic E-state index is 11.5. The summed E-state index contributed by atoms with van der Waals surface area (Å²) in [6.07, 6.45) is 2.23. The van der Waals surface area contributed by atoms with Crippen molar-refractivity contribution < 1.29 is 9.53 Å². The number of fused-ring (bicyclic) bond motifs is 1. The van der Waals surface area contributed by atoms with Crippen molar-refractivity contribution in [1.29, 1.82) is 0 Å². The lowest BCUT2D eigenvalue weighted by Crippen LogP contribution is -2.38. The Morgan fingerprint density at radius 2 is 2.11 bits per heavy atom. The average molecular weight is 247 g/mol. The predicted molar refractivity (Wildman–Crippen MR) is 71.3 cm³/mol. The molecule has 0 saturated heterocycles. The van der Waals surface area contributed by atoms with Gasteiger partial charge in [0, 0.05) is 12.1 Å². The van der Waals surface area contributed by atoms with E-state index < -0.39 is 0 Å². The lowest BCUT2D eigenvalue weighted by molar-refractivity contribution is -0.145. The van der Waals surface area contributed by atoms with Crippen molar-refractivity contribution in [2.45, 2.75) is 38.8 Å². The monoisotopic (exact) mass is 247 g/mol. The lowest BCUT2D eigenvalue weighted by Gasteiger charge is -2.24. The van der Waals surface area contributed by atoms with Gasteiger partial charge in [-0.05, 0) is 30.9 Å². The van der Waals surface area contributed by atoms with Crippen molar-refractivity contribution in [3.05, 3.63) is 35.4 Å². The first-order chi connectivity index (χ1) is 8.63. The number of ether oxygens (including phenoxy) is 1. The van der Waals surface area contributed by atoms with Gasteiger partial charge in [-0.25, -0.2) is 0 Å². The molecule has 1 aromatic carbocycles. The van der Waals surface area contributed by atoms with Gasteiger partial charge in [0.2, 0.25) is 0 Å². The Labute approximate surface area is 109 Å². The quantitative estimate of drug-likeness (QED) is 0.831. The highest BCUT2D eigenvalue weighted by atomic mass is 16.5. The summed E-state index contributed by atoms with van der Waals surface area (Å²) in [5, 5.41) is 3.55. The third-order valence-electron chi connectivity index (χ3n) is 3.92. The molecule has 0 heterocycles. The fourth-order valence-corrected chi connectivity index (χ4v) is 2.58. The summed E-state index contributed by atoms with van der Waals surface area (Å²) in [5.74, 6) is -0.274. The minimum absolute atomic E-state index is 0.119. The second-order valence-electron chi connectivity index (χ2n) is 5.06. The number of rotatable bonds is 4. The summed E-state index contributed by atoms with van der Waals surface area (Å²) < 4.78 is 4.79. The molecule has 0 amide bonds. The van der Waals surface area contributed by atoms with Gasteiger partial charge in [0.25, 0.3) is 0 Å². The van der Waals surface area contributed by atoms with Gasteiger partial charge in [0.1, 0.15) is 0 Å². The van der Waals surface area contributed by atoms with E-state index in [2.05, 4.69) is 29.6 Å². The van der Waals surface area contributed by atoms with Crippen LogP contribution in [-0.2, 0) is 16.0 Å². The normalized spacial score (nSPS) is 21.2. The van der Waals surface area contributed by atoms with Crippen LogP contribution in [-0.4, -0.2) is 19.1 Å². The van der Waals surface area contributed by atoms with Gasteiger partial charge in [-0.3, -0.25) is 4.79 Å². The van der Waals surface area contributed by atoms with E-state index in [1.165, 1.54) is 18.2 Å². The van der Waals surface area contributed by atoms with E-state index in [4.69, 9.17) is 4.74 Å². The van der Waals surface area contributed by atoms with E-state index in [0.29, 0.717) is 6.04 Å². The number of carbonyl (C=O) groups excluding carboxylic acids is 1. The van der Waals surface area contributed by atoms with Gasteiger partial charge in [-0.2, -0.15) is 0 Å². The highest BCUT2D eigenvalue weighted by Gasteiger charge is 2.27. The molecule has 0 radical (unpaired) electrons. The molecular weight excluding hydrogens is 226 g/mol. The third-order valence-corrected chi connectivity index (χ3v) is 3.92. The van der Waals surface area contributed by atoms with Gasteiger partial charge >= 0.3 is 5.97 Å². The highest BCUT2D eigenvalue weighted by Crippen LogP contribution is 2.31. The van der Waals surface area contributed by atoms with Crippen LogP contribution in [0.1, 0.15) is 37.4 Å². The summed E-state index contributed by atoms with van der Waals surface area (Å²) in [7, 11) is 1.44. The van der Waals surface area contributed by atoms with Crippen molar-refractivity contribution in [1.82, 2.24) is 5.32 Å². The SMILES string of the molecule is COC(=O)C(C)C(C)NC1CCc2ccccc21. The van der Waals surface area contributed by atoms with Crippen molar-refractivity contribution in [3.8, 4) is 0 Å². The Hall–Kier alpha value is -1.35. The molecule has 98 valence electrons. The van der Waals surface area contributed by atoms with E-state index in [9.17, 15) is 4.79 Å². The average Bonchev–Trinajstić information content (AvgIpc) is 2.80. The van der Waals surface area contributed by atoms with E-state index in [0.717, 1.165) is 12.8 Å². The van der Waals surface area contributed by atoms with Gasteiger partial charge in [0.15, 0.2) is 0 Å². The van der Waals surface area contributed by atoms with Crippen molar-refractivity contribution in [2.24, 2.45) is 5.92 Å². The number of carbonyl (C=O) groups is 1. The molecule has 0 fully saturated rings. The Morgan fingerprint density at radius 3 is 2.83 bits per heavy atom. The van der Waals surface area contributed by atoms with Crippen LogP contribution in [0.25, 0.3) is 0 Å². The molecule has 3 heteroatoms. The topological polar surface area (TPSA) is 38.3 Å². The Morgan fingerprint density at radius 1 is 1.39 bits per heavy atom. The van der Waals surface area contributed by atoms with Crippen LogP contribution in [0, 0.1) is 5.92 Å². The number of esters is 1. The number of hydrogen-bond acceptors (Lipinski definition) is 3. The van der Waals surface area contributed by atoms with Crippen molar-refractivity contribution in [3.63, 3.8) is 0 Å². The molecule has 0 aromatic heterocycles. The summed E-state index contributed by atoms with van der Waals surface area (Å²) >= 11 is 0. The van der Waals surface area contributed by atoms with Crippen molar-refractivity contribution in [2.75, 3.05) is 7.11 Å². The number of benzene rings is 1. The Kier molecular flexibility index (Phi) is 4.02. The largest absolute Gasteiger partial charge is 0.469 e. The zero-order valence-corrected chi connectivity index (χ0v) is 11.3. The Bertz CT molecular complexity index is 430. The van der Waals surface area contributed by atoms with Crippen LogP contribution in [0.5, 0.6) is 0 Å². The van der Waals surface area contributed by atoms with Crippen LogP contribution in [0.4, 0.5) is 0 Å². The number of aryl methyl sites for hydroxylation is 1. The summed E-state index contributed by atoms with van der Waals surface area (Å²) in [5.41, 5.74) is 2.80. The zero-order valence-electron chi connectivity index (χ0n) is 11.3. The van der Waals surface area contributed by atoms with Crippen LogP contribution in [0.3, 0.4) is 0 Å². The van der Waals surface area contributed by atoms with Gasteiger partial charge < -0.3 is 10.1 Å². The number of hydrogen-bond donors (Lipinski definition) is 1. The molecule has 0 aliphatic heterocycles. The molecule has 2 rings (SSSR count). The minimum Gasteiger partial charge on any atom is -0.469 e. The van der Waals surface area contributed by atoms with Crippen LogP contribution >= 0.6 is 0 Å². The maximum atomic E-state index is 11.5. The predicted octanol–water partition coefficient (Wildman–Crippen LogP) is 2.46. The van der Waals surface area contributed by atoms with E-state index in [-0.39, 0.29) is 17.9 Å². The lowest BCUT2D eigenvalue weighted by atomic mass is 10.0. The maximum Gasteiger partial charge on any atom is 0.309 e. The Balaban J connectivity index is 2.01. The fraction of sp³-hybridized carbons (Fsp3) is 0.533. The van der Waals surface area contributed by atoms with Crippen LogP contribution in [0.15, 0.2) is 24.3 Å². The first-order valence-corrected chi connectivity index (χ1v) is 6.55. The third kappa shape index (κ3) is 2.56. The smallest absolute Gasteiger partial charge is 0.309 e. The molecule has 0 spiro atoms. The van der Waals surface area contributed by atoms with Gasteiger partial charge in [-0.1, -0.05) is 31.2 Å². The zero-order chi connectivity index (χ0) is 13.1. The molecule has 1 N–H and O–H groups in total. The van der Waals surface area contributed by atoms with E-state index >= 15 is 0 Å². The molecule has 1 aromatic rings. The fourth-order valence-electron chi connectivity index (χ4n) is 2.58.